The van der Waals surface area contributed by atoms with E-state index in [2.05, 4.69) is 32.6 Å². The second-order valence-corrected chi connectivity index (χ2v) is 10.8. The molecule has 31 heavy (non-hydrogen) atoms. The minimum atomic E-state index is -0.414. The Morgan fingerprint density at radius 1 is 0.968 bits per heavy atom. The molecule has 0 fully saturated rings. The molecule has 0 saturated carbocycles. The van der Waals surface area contributed by atoms with E-state index in [-0.39, 0.29) is 28.1 Å². The van der Waals surface area contributed by atoms with Crippen LogP contribution in [0.15, 0.2) is 46.8 Å². The van der Waals surface area contributed by atoms with Gasteiger partial charge in [-0.3, -0.25) is 9.59 Å². The van der Waals surface area contributed by atoms with Crippen LogP contribution in [0.5, 0.6) is 5.75 Å². The molecule has 1 aromatic rings. The van der Waals surface area contributed by atoms with Crippen LogP contribution < -0.4 is 0 Å². The van der Waals surface area contributed by atoms with Crippen LogP contribution in [0.4, 0.5) is 0 Å². The number of carbonyl (C=O) groups excluding carboxylic acids is 2. The van der Waals surface area contributed by atoms with Crippen LogP contribution in [-0.2, 0) is 14.3 Å². The molecule has 1 N–H and O–H groups in total. The number of phenols is 1. The summed E-state index contributed by atoms with van der Waals surface area (Å²) in [7, 11) is 1.68. The molecule has 5 heteroatoms. The molecule has 0 unspecified atom stereocenters. The van der Waals surface area contributed by atoms with E-state index >= 15 is 0 Å². The first-order valence-corrected chi connectivity index (χ1v) is 11.1. The number of ether oxygens (including phenoxy) is 1. The van der Waals surface area contributed by atoms with Gasteiger partial charge in [0.2, 0.25) is 0 Å². The number of Topliss-reactive ketones (excluding diaryl/α,β-unsaturated/α-hetero) is 2. The Hall–Kier alpha value is -2.40. The van der Waals surface area contributed by atoms with Crippen molar-refractivity contribution in [3.63, 3.8) is 0 Å². The second kappa shape index (κ2) is 7.63. The topological polar surface area (TPSA) is 66.8 Å². The number of carbonyl (C=O) groups is 2. The molecule has 0 atom stereocenters. The lowest BCUT2D eigenvalue weighted by Crippen LogP contribution is -2.45. The molecule has 5 nitrogen and oxygen atoms in total. The zero-order valence-electron chi connectivity index (χ0n) is 19.2. The van der Waals surface area contributed by atoms with E-state index in [0.717, 1.165) is 40.9 Å². The molecule has 0 aromatic heterocycles. The Balaban J connectivity index is 1.98. The molecule has 0 radical (unpaired) electrons. The molecule has 4 rings (SSSR count). The summed E-state index contributed by atoms with van der Waals surface area (Å²) in [4.78, 5) is 29.3. The lowest BCUT2D eigenvalue weighted by atomic mass is 9.63. The van der Waals surface area contributed by atoms with E-state index < -0.39 is 5.92 Å². The number of benzene rings is 1. The van der Waals surface area contributed by atoms with Gasteiger partial charge in [-0.05, 0) is 41.4 Å². The van der Waals surface area contributed by atoms with E-state index in [4.69, 9.17) is 4.74 Å². The van der Waals surface area contributed by atoms with Crippen molar-refractivity contribution in [2.24, 2.45) is 10.8 Å². The first-order valence-electron chi connectivity index (χ1n) is 11.1. The van der Waals surface area contributed by atoms with Crippen LogP contribution in [0.25, 0.3) is 0 Å². The zero-order chi connectivity index (χ0) is 22.6. The smallest absolute Gasteiger partial charge is 0.162 e. The zero-order valence-corrected chi connectivity index (χ0v) is 19.2. The van der Waals surface area contributed by atoms with Crippen LogP contribution in [0.3, 0.4) is 0 Å². The molecule has 3 aliphatic rings. The van der Waals surface area contributed by atoms with Gasteiger partial charge in [0.1, 0.15) is 5.75 Å². The number of methoxy groups -OCH3 is 1. The van der Waals surface area contributed by atoms with E-state index in [1.54, 1.807) is 25.3 Å². The van der Waals surface area contributed by atoms with Crippen molar-refractivity contribution >= 4 is 11.6 Å². The average Bonchev–Trinajstić information content (AvgIpc) is 2.64. The molecule has 2 aliphatic carbocycles. The highest BCUT2D eigenvalue weighted by molar-refractivity contribution is 6.06. The van der Waals surface area contributed by atoms with Crippen LogP contribution >= 0.6 is 0 Å². The maximum absolute atomic E-state index is 13.5. The quantitative estimate of drug-likeness (QED) is 0.759. The van der Waals surface area contributed by atoms with Gasteiger partial charge in [-0.1, -0.05) is 39.8 Å². The van der Waals surface area contributed by atoms with Gasteiger partial charge in [0, 0.05) is 55.0 Å². The van der Waals surface area contributed by atoms with Crippen LogP contribution in [0.1, 0.15) is 64.9 Å². The summed E-state index contributed by atoms with van der Waals surface area (Å²) >= 11 is 0. The minimum Gasteiger partial charge on any atom is -0.508 e. The molecule has 0 amide bonds. The molecule has 166 valence electrons. The molecular weight excluding hydrogens is 390 g/mol. The monoisotopic (exact) mass is 423 g/mol. The van der Waals surface area contributed by atoms with Crippen molar-refractivity contribution in [1.82, 2.24) is 4.90 Å². The number of hydrogen-bond acceptors (Lipinski definition) is 5. The predicted molar refractivity (Wildman–Crippen MR) is 120 cm³/mol. The van der Waals surface area contributed by atoms with Gasteiger partial charge in [0.05, 0.1) is 6.61 Å². The fourth-order valence-electron chi connectivity index (χ4n) is 5.54. The maximum atomic E-state index is 13.5. The van der Waals surface area contributed by atoms with Gasteiger partial charge in [0.15, 0.2) is 11.6 Å². The number of nitrogens with zero attached hydrogens (tertiary/aromatic N) is 1. The lowest BCUT2D eigenvalue weighted by molar-refractivity contribution is -0.119. The Morgan fingerprint density at radius 2 is 1.52 bits per heavy atom. The van der Waals surface area contributed by atoms with E-state index in [0.29, 0.717) is 26.0 Å². The summed E-state index contributed by atoms with van der Waals surface area (Å²) in [5.41, 5.74) is 4.04. The van der Waals surface area contributed by atoms with Crippen molar-refractivity contribution in [3.8, 4) is 5.75 Å². The van der Waals surface area contributed by atoms with Crippen LogP contribution in [0, 0.1) is 10.8 Å². The summed E-state index contributed by atoms with van der Waals surface area (Å²) in [6.07, 6.45) is 2.47. The largest absolute Gasteiger partial charge is 0.508 e. The van der Waals surface area contributed by atoms with E-state index in [9.17, 15) is 14.7 Å². The Bertz CT molecular complexity index is 944. The highest BCUT2D eigenvalue weighted by Gasteiger charge is 2.48. The number of phenolic OH excluding ortho intramolecular Hbond substituents is 1. The van der Waals surface area contributed by atoms with Gasteiger partial charge in [0.25, 0.3) is 0 Å². The summed E-state index contributed by atoms with van der Waals surface area (Å²) in [5, 5.41) is 10.2. The van der Waals surface area contributed by atoms with Gasteiger partial charge < -0.3 is 14.7 Å². The average molecular weight is 424 g/mol. The summed E-state index contributed by atoms with van der Waals surface area (Å²) in [6, 6.07) is 7.03. The highest BCUT2D eigenvalue weighted by atomic mass is 16.5. The number of rotatable bonds is 4. The van der Waals surface area contributed by atoms with Crippen LogP contribution in [0.2, 0.25) is 0 Å². The van der Waals surface area contributed by atoms with E-state index in [1.165, 1.54) is 0 Å². The van der Waals surface area contributed by atoms with Gasteiger partial charge >= 0.3 is 0 Å². The Labute approximate surface area is 184 Å². The number of ketones is 2. The molecule has 1 aromatic carbocycles. The summed E-state index contributed by atoms with van der Waals surface area (Å²) < 4.78 is 5.40. The van der Waals surface area contributed by atoms with Crippen molar-refractivity contribution in [1.29, 1.82) is 0 Å². The fourth-order valence-corrected chi connectivity index (χ4v) is 5.54. The third-order valence-corrected chi connectivity index (χ3v) is 6.74. The van der Waals surface area contributed by atoms with Gasteiger partial charge in [-0.2, -0.15) is 0 Å². The highest BCUT2D eigenvalue weighted by Crippen LogP contribution is 2.54. The molecular formula is C26H33NO4. The number of allylic oxidation sites excluding steroid dienone is 4. The predicted octanol–water partition coefficient (Wildman–Crippen LogP) is 4.72. The molecule has 0 saturated heterocycles. The van der Waals surface area contributed by atoms with Crippen molar-refractivity contribution in [2.75, 3.05) is 20.3 Å². The molecule has 1 aliphatic heterocycles. The second-order valence-electron chi connectivity index (χ2n) is 10.8. The van der Waals surface area contributed by atoms with E-state index in [1.807, 2.05) is 6.07 Å². The molecule has 0 spiro atoms. The van der Waals surface area contributed by atoms with Crippen LogP contribution in [-0.4, -0.2) is 41.8 Å². The number of hydrogen-bond donors (Lipinski definition) is 1. The fraction of sp³-hybridized carbons (Fsp3) is 0.538. The third kappa shape index (κ3) is 3.96. The van der Waals surface area contributed by atoms with Gasteiger partial charge in [-0.15, -0.1) is 0 Å². The molecule has 0 bridgehead atoms. The van der Waals surface area contributed by atoms with Crippen molar-refractivity contribution < 1.29 is 19.4 Å². The third-order valence-electron chi connectivity index (χ3n) is 6.74. The first kappa shape index (κ1) is 21.8. The lowest BCUT2D eigenvalue weighted by Gasteiger charge is -2.49. The first-order chi connectivity index (χ1) is 14.5. The summed E-state index contributed by atoms with van der Waals surface area (Å²) in [6.45, 7) is 9.67. The normalized spacial score (nSPS) is 23.2. The number of aromatic hydroxyl groups is 1. The summed E-state index contributed by atoms with van der Waals surface area (Å²) in [5.74, 6) is -0.0590. The standard InChI is InChI=1S/C26H33NO4/c1-25(2)12-18-23(20(29)14-25)22(16-7-6-8-17(28)11-16)24-19(27(18)9-10-31-5)13-26(3,4)15-21(24)30/h6-8,11,22,28H,9-10,12-15H2,1-5H3. The Kier molecular flexibility index (Phi) is 5.37. The Morgan fingerprint density at radius 3 is 2.00 bits per heavy atom. The maximum Gasteiger partial charge on any atom is 0.162 e. The van der Waals surface area contributed by atoms with Gasteiger partial charge in [-0.25, -0.2) is 0 Å². The van der Waals surface area contributed by atoms with Crippen molar-refractivity contribution in [2.45, 2.75) is 59.3 Å². The van der Waals surface area contributed by atoms with Crippen molar-refractivity contribution in [3.05, 3.63) is 52.4 Å². The minimum absolute atomic E-state index is 0.103. The molecule has 1 heterocycles. The SMILES string of the molecule is COCCN1C2=C(C(=O)CC(C)(C)C2)C(c2cccc(O)c2)C2=C1CC(C)(C)CC2=O.